The van der Waals surface area contributed by atoms with Crippen LogP contribution in [0.25, 0.3) is 0 Å². The van der Waals surface area contributed by atoms with E-state index in [1.165, 1.54) is 6.07 Å². The normalized spacial score (nSPS) is 14.9. The largest absolute Gasteiger partial charge is 0.338 e. The highest BCUT2D eigenvalue weighted by Crippen LogP contribution is 2.23. The van der Waals surface area contributed by atoms with Crippen molar-refractivity contribution in [2.45, 2.75) is 17.7 Å². The fourth-order valence-corrected chi connectivity index (χ4v) is 3.19. The van der Waals surface area contributed by atoms with Gasteiger partial charge in [-0.15, -0.1) is 0 Å². The van der Waals surface area contributed by atoms with Gasteiger partial charge in [0, 0.05) is 11.4 Å². The average Bonchev–Trinajstić information content (AvgIpc) is 2.70. The van der Waals surface area contributed by atoms with Gasteiger partial charge in [-0.1, -0.05) is 18.2 Å². The number of nitrogens with one attached hydrogen (secondary N) is 2. The Balaban J connectivity index is 1.78. The van der Waals surface area contributed by atoms with Crippen molar-refractivity contribution in [3.63, 3.8) is 0 Å². The van der Waals surface area contributed by atoms with Crippen LogP contribution in [0.4, 0.5) is 26.2 Å². The van der Waals surface area contributed by atoms with E-state index >= 15 is 0 Å². The van der Waals surface area contributed by atoms with Crippen LogP contribution in [0, 0.1) is 23.0 Å². The van der Waals surface area contributed by atoms with Gasteiger partial charge in [0.25, 0.3) is 0 Å². The highest BCUT2D eigenvalue weighted by molar-refractivity contribution is 7.89. The van der Waals surface area contributed by atoms with E-state index in [0.29, 0.717) is 18.5 Å². The summed E-state index contributed by atoms with van der Waals surface area (Å²) in [6.45, 7) is 0. The van der Waals surface area contributed by atoms with Crippen LogP contribution >= 0.6 is 0 Å². The van der Waals surface area contributed by atoms with Crippen LogP contribution < -0.4 is 15.8 Å². The Morgan fingerprint density at radius 1 is 1.23 bits per heavy atom. The van der Waals surface area contributed by atoms with Crippen molar-refractivity contribution < 1.29 is 17.2 Å². The van der Waals surface area contributed by atoms with Crippen LogP contribution in [-0.2, 0) is 10.0 Å². The molecule has 8 nitrogen and oxygen atoms in total. The van der Waals surface area contributed by atoms with Gasteiger partial charge in [-0.25, -0.2) is 27.3 Å². The molecule has 0 bridgehead atoms. The van der Waals surface area contributed by atoms with Gasteiger partial charge in [-0.2, -0.15) is 10.2 Å². The molecule has 2 aromatic rings. The van der Waals surface area contributed by atoms with E-state index in [1.54, 1.807) is 12.2 Å². The maximum Gasteiger partial charge on any atom is 0.241 e. The molecule has 1 heterocycles. The lowest BCUT2D eigenvalue weighted by Gasteiger charge is -2.13. The molecular formula is C19H16F2N6O2S. The average molecular weight is 430 g/mol. The standard InChI is InChI=1S/C19H16F2N6O2S/c20-15-8-7-14(10-17(15)30(23,28)29)26-19-24-11-16(21)18(27-19)25-13-5-3-12(4-6-13)2-1-9-22/h2-3,5-8,10-11H,1,4H2,(H2,23,28,29)(H2,24,25,26,27). The monoisotopic (exact) mass is 430 g/mol. The molecule has 1 aromatic carbocycles. The number of nitrogens with zero attached hydrogens (tertiary/aromatic N) is 3. The van der Waals surface area contributed by atoms with Crippen LogP contribution in [0.2, 0.25) is 0 Å². The Bertz CT molecular complexity index is 1220. The van der Waals surface area contributed by atoms with E-state index < -0.39 is 26.6 Å². The number of nitrogens with two attached hydrogens (primary N) is 1. The molecule has 11 heteroatoms. The van der Waals surface area contributed by atoms with Crippen molar-refractivity contribution in [1.29, 1.82) is 5.26 Å². The maximum absolute atomic E-state index is 14.1. The second kappa shape index (κ2) is 8.81. The molecule has 1 aliphatic carbocycles. The number of halogens is 2. The molecule has 154 valence electrons. The number of benzene rings is 1. The summed E-state index contributed by atoms with van der Waals surface area (Å²) < 4.78 is 50.7. The van der Waals surface area contributed by atoms with Crippen molar-refractivity contribution in [2.24, 2.45) is 5.14 Å². The number of allylic oxidation sites excluding steroid dienone is 5. The number of aromatic nitrogens is 2. The van der Waals surface area contributed by atoms with Gasteiger partial charge in [-0.05, 0) is 36.3 Å². The van der Waals surface area contributed by atoms with Crippen LogP contribution in [0.15, 0.2) is 64.9 Å². The Morgan fingerprint density at radius 3 is 2.70 bits per heavy atom. The van der Waals surface area contributed by atoms with Crippen LogP contribution in [-0.4, -0.2) is 18.4 Å². The van der Waals surface area contributed by atoms with E-state index in [2.05, 4.69) is 20.6 Å². The van der Waals surface area contributed by atoms with E-state index in [4.69, 9.17) is 10.4 Å². The summed E-state index contributed by atoms with van der Waals surface area (Å²) >= 11 is 0. The second-order valence-corrected chi connectivity index (χ2v) is 7.70. The van der Waals surface area contributed by atoms with Gasteiger partial charge in [0.05, 0.1) is 18.7 Å². The molecule has 30 heavy (non-hydrogen) atoms. The predicted molar refractivity (Wildman–Crippen MR) is 107 cm³/mol. The topological polar surface area (TPSA) is 134 Å². The lowest BCUT2D eigenvalue weighted by atomic mass is 10.0. The van der Waals surface area contributed by atoms with Crippen molar-refractivity contribution in [3.05, 3.63) is 71.6 Å². The minimum absolute atomic E-state index is 0.0409. The molecular weight excluding hydrogens is 414 g/mol. The van der Waals surface area contributed by atoms with Gasteiger partial charge in [0.2, 0.25) is 16.0 Å². The molecule has 0 spiro atoms. The summed E-state index contributed by atoms with van der Waals surface area (Å²) in [7, 11) is -4.26. The first-order valence-electron chi connectivity index (χ1n) is 8.59. The summed E-state index contributed by atoms with van der Waals surface area (Å²) in [6, 6.07) is 5.22. The first kappa shape index (κ1) is 21.1. The van der Waals surface area contributed by atoms with Gasteiger partial charge in [0.1, 0.15) is 10.7 Å². The van der Waals surface area contributed by atoms with Crippen molar-refractivity contribution >= 4 is 27.5 Å². The molecule has 3 rings (SSSR count). The Hall–Kier alpha value is -3.62. The third-order valence-corrected chi connectivity index (χ3v) is 4.92. The zero-order valence-corrected chi connectivity index (χ0v) is 16.2. The molecule has 1 aromatic heterocycles. The van der Waals surface area contributed by atoms with Gasteiger partial charge in [-0.3, -0.25) is 0 Å². The van der Waals surface area contributed by atoms with Gasteiger partial charge >= 0.3 is 0 Å². The van der Waals surface area contributed by atoms with Crippen molar-refractivity contribution in [3.8, 4) is 6.07 Å². The van der Waals surface area contributed by atoms with Gasteiger partial charge < -0.3 is 10.6 Å². The van der Waals surface area contributed by atoms with Crippen molar-refractivity contribution in [2.75, 3.05) is 10.6 Å². The summed E-state index contributed by atoms with van der Waals surface area (Å²) in [6.07, 6.45) is 8.97. The Kier molecular flexibility index (Phi) is 6.20. The lowest BCUT2D eigenvalue weighted by molar-refractivity contribution is 0.568. The number of rotatable bonds is 6. The highest BCUT2D eigenvalue weighted by Gasteiger charge is 2.16. The zero-order valence-electron chi connectivity index (χ0n) is 15.4. The number of hydrogen-bond acceptors (Lipinski definition) is 7. The predicted octanol–water partition coefficient (Wildman–Crippen LogP) is 3.24. The smallest absolute Gasteiger partial charge is 0.241 e. The van der Waals surface area contributed by atoms with Crippen LogP contribution in [0.3, 0.4) is 0 Å². The molecule has 0 saturated heterocycles. The summed E-state index contributed by atoms with van der Waals surface area (Å²) in [5, 5.41) is 19.1. The number of hydrogen-bond donors (Lipinski definition) is 3. The second-order valence-electron chi connectivity index (χ2n) is 6.17. The SMILES string of the molecule is N#CCC=C1C=CC(Nc2nc(Nc3ccc(F)c(S(N)(=O)=O)c3)ncc2F)=CC1. The number of anilines is 3. The van der Waals surface area contributed by atoms with E-state index in [0.717, 1.165) is 23.9 Å². The minimum atomic E-state index is -4.26. The van der Waals surface area contributed by atoms with Crippen molar-refractivity contribution in [1.82, 2.24) is 9.97 Å². The maximum atomic E-state index is 14.1. The molecule has 1 aliphatic rings. The van der Waals surface area contributed by atoms with E-state index in [9.17, 15) is 17.2 Å². The van der Waals surface area contributed by atoms with Gasteiger partial charge in [0.15, 0.2) is 11.6 Å². The Labute approximate surface area is 171 Å². The molecule has 0 unspecified atom stereocenters. The highest BCUT2D eigenvalue weighted by atomic mass is 32.2. The minimum Gasteiger partial charge on any atom is -0.338 e. The fraction of sp³-hybridized carbons (Fsp3) is 0.105. The quantitative estimate of drug-likeness (QED) is 0.640. The fourth-order valence-electron chi connectivity index (χ4n) is 2.56. The molecule has 0 radical (unpaired) electrons. The number of primary sulfonamides is 1. The number of nitriles is 1. The summed E-state index contributed by atoms with van der Waals surface area (Å²) in [5.74, 6) is -1.85. The van der Waals surface area contributed by atoms with Crippen LogP contribution in [0.5, 0.6) is 0 Å². The third kappa shape index (κ3) is 5.25. The summed E-state index contributed by atoms with van der Waals surface area (Å²) in [5.41, 5.74) is 1.72. The first-order chi connectivity index (χ1) is 14.3. The summed E-state index contributed by atoms with van der Waals surface area (Å²) in [4.78, 5) is 7.14. The van der Waals surface area contributed by atoms with Crippen LogP contribution in [0.1, 0.15) is 12.8 Å². The first-order valence-corrected chi connectivity index (χ1v) is 10.1. The Morgan fingerprint density at radius 2 is 2.03 bits per heavy atom. The molecule has 0 fully saturated rings. The lowest BCUT2D eigenvalue weighted by Crippen LogP contribution is -2.14. The molecule has 0 atom stereocenters. The third-order valence-electron chi connectivity index (χ3n) is 3.99. The molecule has 4 N–H and O–H groups in total. The van der Waals surface area contributed by atoms with E-state index in [-0.39, 0.29) is 17.5 Å². The molecule has 0 saturated carbocycles. The number of sulfonamides is 1. The van der Waals surface area contributed by atoms with E-state index in [1.807, 2.05) is 18.2 Å². The zero-order chi connectivity index (χ0) is 21.7. The molecule has 0 aliphatic heterocycles. The molecule has 0 amide bonds.